The molecule has 0 saturated carbocycles. The van der Waals surface area contributed by atoms with E-state index in [0.717, 1.165) is 37.7 Å². The van der Waals surface area contributed by atoms with Crippen LogP contribution in [0.15, 0.2) is 62.8 Å². The fourth-order valence-corrected chi connectivity index (χ4v) is 4.11. The van der Waals surface area contributed by atoms with Crippen LogP contribution in [-0.4, -0.2) is 19.0 Å². The van der Waals surface area contributed by atoms with Gasteiger partial charge in [0.2, 0.25) is 0 Å². The summed E-state index contributed by atoms with van der Waals surface area (Å²) in [6.07, 6.45) is 3.65. The molecule has 0 radical (unpaired) electrons. The van der Waals surface area contributed by atoms with Crippen molar-refractivity contribution in [1.82, 2.24) is 10.6 Å². The predicted molar refractivity (Wildman–Crippen MR) is 111 cm³/mol. The summed E-state index contributed by atoms with van der Waals surface area (Å²) in [5.74, 6) is 2.40. The van der Waals surface area contributed by atoms with E-state index in [1.165, 1.54) is 9.75 Å². The lowest BCUT2D eigenvalue weighted by Gasteiger charge is -2.16. The molecule has 3 heterocycles. The van der Waals surface area contributed by atoms with Crippen molar-refractivity contribution < 1.29 is 4.42 Å². The molecule has 0 aliphatic heterocycles. The number of aliphatic imine (C=N–C) groups is 1. The van der Waals surface area contributed by atoms with Crippen LogP contribution in [0.25, 0.3) is 0 Å². The molecular weight excluding hydrogens is 362 g/mol. The molecule has 1 atom stereocenters. The van der Waals surface area contributed by atoms with Gasteiger partial charge >= 0.3 is 0 Å². The van der Waals surface area contributed by atoms with Gasteiger partial charge in [0.05, 0.1) is 12.8 Å². The van der Waals surface area contributed by atoms with Gasteiger partial charge in [-0.2, -0.15) is 0 Å². The number of guanidine groups is 1. The van der Waals surface area contributed by atoms with Gasteiger partial charge in [-0.15, -0.1) is 22.7 Å². The fourth-order valence-electron chi connectivity index (χ4n) is 2.61. The Morgan fingerprint density at radius 3 is 2.58 bits per heavy atom. The lowest BCUT2D eigenvalue weighted by atomic mass is 10.1. The standard InChI is InChI=1S/C20H25N3OS2/c1-16(13-18-6-3-11-25-18)14-22-20(23-15-19-7-4-12-26-19)21-9-8-17-5-2-10-24-17/h2-7,10-12,16H,8-9,13-15H2,1H3,(H2,21,22,23). The summed E-state index contributed by atoms with van der Waals surface area (Å²) in [7, 11) is 0. The van der Waals surface area contributed by atoms with Crippen LogP contribution in [0.3, 0.4) is 0 Å². The molecule has 2 N–H and O–H groups in total. The second-order valence-corrected chi connectivity index (χ2v) is 8.33. The Hall–Kier alpha value is -2.05. The summed E-state index contributed by atoms with van der Waals surface area (Å²) in [5.41, 5.74) is 0. The number of rotatable bonds is 9. The molecule has 1 unspecified atom stereocenters. The van der Waals surface area contributed by atoms with Gasteiger partial charge < -0.3 is 15.1 Å². The summed E-state index contributed by atoms with van der Waals surface area (Å²) >= 11 is 3.56. The van der Waals surface area contributed by atoms with Crippen LogP contribution in [0.2, 0.25) is 0 Å². The van der Waals surface area contributed by atoms with Gasteiger partial charge in [-0.05, 0) is 47.4 Å². The van der Waals surface area contributed by atoms with Gasteiger partial charge in [-0.25, -0.2) is 4.99 Å². The molecule has 0 amide bonds. The maximum atomic E-state index is 5.39. The first kappa shape index (κ1) is 18.7. The maximum Gasteiger partial charge on any atom is 0.191 e. The average molecular weight is 388 g/mol. The summed E-state index contributed by atoms with van der Waals surface area (Å²) in [5, 5.41) is 11.1. The Morgan fingerprint density at radius 1 is 1.08 bits per heavy atom. The highest BCUT2D eigenvalue weighted by Gasteiger charge is 2.07. The molecule has 138 valence electrons. The van der Waals surface area contributed by atoms with Crippen LogP contribution in [0.4, 0.5) is 0 Å². The molecule has 0 aromatic carbocycles. The lowest BCUT2D eigenvalue weighted by Crippen LogP contribution is -2.40. The topological polar surface area (TPSA) is 49.6 Å². The highest BCUT2D eigenvalue weighted by Crippen LogP contribution is 2.14. The molecule has 3 aromatic rings. The van der Waals surface area contributed by atoms with Crippen molar-refractivity contribution in [3.63, 3.8) is 0 Å². The van der Waals surface area contributed by atoms with Crippen molar-refractivity contribution in [1.29, 1.82) is 0 Å². The summed E-state index contributed by atoms with van der Waals surface area (Å²) < 4.78 is 5.39. The van der Waals surface area contributed by atoms with Crippen LogP contribution < -0.4 is 10.6 Å². The number of furan rings is 1. The highest BCUT2D eigenvalue weighted by atomic mass is 32.1. The van der Waals surface area contributed by atoms with Crippen LogP contribution >= 0.6 is 22.7 Å². The van der Waals surface area contributed by atoms with Gasteiger partial charge in [-0.1, -0.05) is 19.1 Å². The minimum absolute atomic E-state index is 0.549. The van der Waals surface area contributed by atoms with Crippen LogP contribution in [0, 0.1) is 5.92 Å². The third-order valence-electron chi connectivity index (χ3n) is 3.96. The Kier molecular flexibility index (Phi) is 7.34. The molecular formula is C20H25N3OS2. The Labute approximate surface area is 163 Å². The van der Waals surface area contributed by atoms with Gasteiger partial charge in [-0.3, -0.25) is 0 Å². The molecule has 0 aliphatic carbocycles. The van der Waals surface area contributed by atoms with Crippen molar-refractivity contribution in [2.75, 3.05) is 13.1 Å². The molecule has 0 saturated heterocycles. The van der Waals surface area contributed by atoms with Crippen LogP contribution in [0.5, 0.6) is 0 Å². The minimum atomic E-state index is 0.549. The van der Waals surface area contributed by atoms with E-state index in [1.54, 1.807) is 17.6 Å². The van der Waals surface area contributed by atoms with Gasteiger partial charge in [0.15, 0.2) is 5.96 Å². The first-order valence-electron chi connectivity index (χ1n) is 8.89. The van der Waals surface area contributed by atoms with E-state index in [-0.39, 0.29) is 0 Å². The van der Waals surface area contributed by atoms with E-state index < -0.39 is 0 Å². The first-order chi connectivity index (χ1) is 12.8. The number of nitrogens with one attached hydrogen (secondary N) is 2. The predicted octanol–water partition coefficient (Wildman–Crippen LogP) is 4.56. The third kappa shape index (κ3) is 6.35. The van der Waals surface area contributed by atoms with Crippen molar-refractivity contribution in [2.45, 2.75) is 26.3 Å². The number of nitrogens with zero attached hydrogens (tertiary/aromatic N) is 1. The van der Waals surface area contributed by atoms with E-state index in [1.807, 2.05) is 23.5 Å². The van der Waals surface area contributed by atoms with E-state index in [4.69, 9.17) is 9.41 Å². The lowest BCUT2D eigenvalue weighted by molar-refractivity contribution is 0.505. The van der Waals surface area contributed by atoms with Crippen LogP contribution in [0.1, 0.15) is 22.4 Å². The molecule has 4 nitrogen and oxygen atoms in total. The van der Waals surface area contributed by atoms with Crippen molar-refractivity contribution in [2.24, 2.45) is 10.9 Å². The second-order valence-electron chi connectivity index (χ2n) is 6.27. The zero-order valence-electron chi connectivity index (χ0n) is 15.0. The summed E-state index contributed by atoms with van der Waals surface area (Å²) in [6, 6.07) is 12.4. The molecule has 6 heteroatoms. The Morgan fingerprint density at radius 2 is 1.88 bits per heavy atom. The van der Waals surface area contributed by atoms with Crippen molar-refractivity contribution >= 4 is 28.6 Å². The van der Waals surface area contributed by atoms with E-state index >= 15 is 0 Å². The molecule has 26 heavy (non-hydrogen) atoms. The average Bonchev–Trinajstić information content (AvgIpc) is 3.40. The molecule has 3 rings (SSSR count). The molecule has 0 bridgehead atoms. The van der Waals surface area contributed by atoms with Gasteiger partial charge in [0.1, 0.15) is 5.76 Å². The number of hydrogen-bond acceptors (Lipinski definition) is 4. The largest absolute Gasteiger partial charge is 0.469 e. The molecule has 0 spiro atoms. The third-order valence-corrected chi connectivity index (χ3v) is 5.72. The minimum Gasteiger partial charge on any atom is -0.469 e. The highest BCUT2D eigenvalue weighted by molar-refractivity contribution is 7.10. The van der Waals surface area contributed by atoms with E-state index in [9.17, 15) is 0 Å². The van der Waals surface area contributed by atoms with Gasteiger partial charge in [0.25, 0.3) is 0 Å². The zero-order chi connectivity index (χ0) is 18.0. The molecule has 0 fully saturated rings. The normalized spacial score (nSPS) is 12.9. The fraction of sp³-hybridized carbons (Fsp3) is 0.350. The van der Waals surface area contributed by atoms with Crippen molar-refractivity contribution in [3.8, 4) is 0 Å². The van der Waals surface area contributed by atoms with Crippen LogP contribution in [-0.2, 0) is 19.4 Å². The summed E-state index contributed by atoms with van der Waals surface area (Å²) in [6.45, 7) is 4.66. The number of thiophene rings is 2. The molecule has 3 aromatic heterocycles. The van der Waals surface area contributed by atoms with Crippen molar-refractivity contribution in [3.05, 3.63) is 68.9 Å². The SMILES string of the molecule is CC(CNC(=NCc1cccs1)NCCc1ccco1)Cc1cccs1. The second kappa shape index (κ2) is 10.2. The van der Waals surface area contributed by atoms with E-state index in [0.29, 0.717) is 12.5 Å². The molecule has 0 aliphatic rings. The van der Waals surface area contributed by atoms with Gasteiger partial charge in [0, 0.05) is 29.3 Å². The number of hydrogen-bond donors (Lipinski definition) is 2. The zero-order valence-corrected chi connectivity index (χ0v) is 16.6. The maximum absolute atomic E-state index is 5.39. The summed E-state index contributed by atoms with van der Waals surface area (Å²) in [4.78, 5) is 7.43. The smallest absolute Gasteiger partial charge is 0.191 e. The first-order valence-corrected chi connectivity index (χ1v) is 10.6. The Bertz CT molecular complexity index is 749. The Balaban J connectivity index is 1.50. The quantitative estimate of drug-likeness (QED) is 0.418. The van der Waals surface area contributed by atoms with E-state index in [2.05, 4.69) is 52.6 Å². The monoisotopic (exact) mass is 387 g/mol.